The molecule has 1 aliphatic carbocycles. The molecule has 2 aliphatic heterocycles. The van der Waals surface area contributed by atoms with Crippen molar-refractivity contribution in [2.45, 2.75) is 32.2 Å². The van der Waals surface area contributed by atoms with E-state index < -0.39 is 12.0 Å². The van der Waals surface area contributed by atoms with Crippen molar-refractivity contribution in [1.82, 2.24) is 14.7 Å². The van der Waals surface area contributed by atoms with Crippen LogP contribution in [0.25, 0.3) is 0 Å². The third-order valence-electron chi connectivity index (χ3n) is 5.05. The van der Waals surface area contributed by atoms with Crippen LogP contribution in [0.15, 0.2) is 0 Å². The summed E-state index contributed by atoms with van der Waals surface area (Å²) < 4.78 is 0. The van der Waals surface area contributed by atoms with Gasteiger partial charge in [-0.05, 0) is 31.1 Å². The van der Waals surface area contributed by atoms with Crippen LogP contribution in [-0.4, -0.2) is 77.1 Å². The minimum Gasteiger partial charge on any atom is -0.480 e. The van der Waals surface area contributed by atoms with Gasteiger partial charge in [0.1, 0.15) is 6.04 Å². The van der Waals surface area contributed by atoms with Crippen LogP contribution in [0.5, 0.6) is 0 Å². The van der Waals surface area contributed by atoms with Gasteiger partial charge in [-0.1, -0.05) is 6.92 Å². The maximum Gasteiger partial charge on any atom is 0.326 e. The van der Waals surface area contributed by atoms with Gasteiger partial charge in [0.25, 0.3) is 0 Å². The van der Waals surface area contributed by atoms with Crippen LogP contribution >= 0.6 is 0 Å². The first kappa shape index (κ1) is 14.6. The third kappa shape index (κ3) is 3.15. The average molecular weight is 295 g/mol. The predicted molar refractivity (Wildman–Crippen MR) is 78.0 cm³/mol. The lowest BCUT2D eigenvalue weighted by molar-refractivity contribution is -0.142. The van der Waals surface area contributed by atoms with Gasteiger partial charge in [0.15, 0.2) is 0 Å². The summed E-state index contributed by atoms with van der Waals surface area (Å²) >= 11 is 0. The Morgan fingerprint density at radius 1 is 1.05 bits per heavy atom. The smallest absolute Gasteiger partial charge is 0.326 e. The minimum absolute atomic E-state index is 0.0441. The summed E-state index contributed by atoms with van der Waals surface area (Å²) in [6, 6.07) is -0.736. The number of carbonyl (C=O) groups excluding carboxylic acids is 1. The van der Waals surface area contributed by atoms with Crippen LogP contribution in [0.2, 0.25) is 0 Å². The highest BCUT2D eigenvalue weighted by Crippen LogP contribution is 2.30. The summed E-state index contributed by atoms with van der Waals surface area (Å²) in [7, 11) is 0. The van der Waals surface area contributed by atoms with Gasteiger partial charge in [0, 0.05) is 39.3 Å². The molecule has 2 saturated heterocycles. The number of carbonyl (C=O) groups is 2. The summed E-state index contributed by atoms with van der Waals surface area (Å²) in [6.45, 7) is 6.94. The molecule has 0 spiro atoms. The molecule has 2 amide bonds. The Labute approximate surface area is 125 Å². The van der Waals surface area contributed by atoms with Crippen molar-refractivity contribution >= 4 is 12.0 Å². The summed E-state index contributed by atoms with van der Waals surface area (Å²) in [6.07, 6.45) is 3.49. The number of nitrogens with zero attached hydrogens (tertiary/aromatic N) is 3. The van der Waals surface area contributed by atoms with Gasteiger partial charge in [0.2, 0.25) is 0 Å². The lowest BCUT2D eigenvalue weighted by Gasteiger charge is -2.37. The third-order valence-corrected chi connectivity index (χ3v) is 5.05. The standard InChI is InChI=1S/C15H25N3O3/c1-11-4-5-18(13(11)14(19)20)15(21)17-8-6-16(7-9-17)10-12-2-3-12/h11-13H,2-10H2,1H3,(H,19,20). The second-order valence-corrected chi connectivity index (χ2v) is 6.76. The molecule has 3 rings (SSSR count). The lowest BCUT2D eigenvalue weighted by Crippen LogP contribution is -2.55. The van der Waals surface area contributed by atoms with Crippen molar-refractivity contribution in [3.05, 3.63) is 0 Å². The Kier molecular flexibility index (Phi) is 4.06. The molecule has 6 nitrogen and oxygen atoms in total. The van der Waals surface area contributed by atoms with Crippen molar-refractivity contribution in [3.8, 4) is 0 Å². The molecule has 2 atom stereocenters. The van der Waals surface area contributed by atoms with Crippen LogP contribution in [0, 0.1) is 11.8 Å². The van der Waals surface area contributed by atoms with Crippen molar-refractivity contribution in [3.63, 3.8) is 0 Å². The van der Waals surface area contributed by atoms with Crippen molar-refractivity contribution in [2.24, 2.45) is 11.8 Å². The van der Waals surface area contributed by atoms with Crippen LogP contribution in [-0.2, 0) is 4.79 Å². The highest BCUT2D eigenvalue weighted by molar-refractivity contribution is 5.83. The van der Waals surface area contributed by atoms with E-state index in [1.54, 1.807) is 4.90 Å². The summed E-state index contributed by atoms with van der Waals surface area (Å²) in [5.41, 5.74) is 0. The quantitative estimate of drug-likeness (QED) is 0.841. The highest BCUT2D eigenvalue weighted by Gasteiger charge is 2.41. The fraction of sp³-hybridized carbons (Fsp3) is 0.867. The Hall–Kier alpha value is -1.30. The number of amides is 2. The monoisotopic (exact) mass is 295 g/mol. The van der Waals surface area contributed by atoms with Crippen molar-refractivity contribution in [1.29, 1.82) is 0 Å². The Balaban J connectivity index is 1.54. The lowest BCUT2D eigenvalue weighted by atomic mass is 10.0. The van der Waals surface area contributed by atoms with Gasteiger partial charge < -0.3 is 14.9 Å². The molecule has 2 unspecified atom stereocenters. The fourth-order valence-corrected chi connectivity index (χ4v) is 3.51. The number of hydrogen-bond donors (Lipinski definition) is 1. The normalized spacial score (nSPS) is 30.7. The van der Waals surface area contributed by atoms with Crippen molar-refractivity contribution in [2.75, 3.05) is 39.3 Å². The summed E-state index contributed by atoms with van der Waals surface area (Å²) in [5.74, 6) is 0.0476. The average Bonchev–Trinajstić information content (AvgIpc) is 3.18. The molecule has 2 heterocycles. The van der Waals surface area contributed by atoms with E-state index in [1.807, 2.05) is 11.8 Å². The van der Waals surface area contributed by atoms with Gasteiger partial charge in [-0.25, -0.2) is 9.59 Å². The topological polar surface area (TPSA) is 64.1 Å². The number of aliphatic carboxylic acids is 1. The molecule has 0 radical (unpaired) electrons. The van der Waals surface area contributed by atoms with Gasteiger partial charge in [-0.2, -0.15) is 0 Å². The second-order valence-electron chi connectivity index (χ2n) is 6.76. The molecule has 3 fully saturated rings. The Morgan fingerprint density at radius 3 is 2.29 bits per heavy atom. The summed E-state index contributed by atoms with van der Waals surface area (Å²) in [4.78, 5) is 29.8. The molecule has 6 heteroatoms. The zero-order chi connectivity index (χ0) is 15.0. The molecule has 0 bridgehead atoms. The number of urea groups is 1. The SMILES string of the molecule is CC1CCN(C(=O)N2CCN(CC3CC3)CC2)C1C(=O)O. The first-order chi connectivity index (χ1) is 10.1. The minimum atomic E-state index is -0.874. The molecule has 118 valence electrons. The Bertz CT molecular complexity index is 416. The highest BCUT2D eigenvalue weighted by atomic mass is 16.4. The number of carboxylic acid groups (broad SMARTS) is 1. The van der Waals surface area contributed by atoms with Gasteiger partial charge in [0.05, 0.1) is 0 Å². The molecule has 21 heavy (non-hydrogen) atoms. The van der Waals surface area contributed by atoms with E-state index in [1.165, 1.54) is 19.4 Å². The molecule has 0 aromatic carbocycles. The predicted octanol–water partition coefficient (Wildman–Crippen LogP) is 0.929. The Morgan fingerprint density at radius 2 is 1.71 bits per heavy atom. The van der Waals surface area contributed by atoms with E-state index in [2.05, 4.69) is 4.90 Å². The zero-order valence-corrected chi connectivity index (χ0v) is 12.7. The molecule has 0 aromatic heterocycles. The van der Waals surface area contributed by atoms with E-state index in [0.29, 0.717) is 6.54 Å². The molecule has 0 aromatic rings. The number of likely N-dealkylation sites (tertiary alicyclic amines) is 1. The molecule has 3 aliphatic rings. The molecular weight excluding hydrogens is 270 g/mol. The second kappa shape index (κ2) is 5.83. The molecule has 1 saturated carbocycles. The fourth-order valence-electron chi connectivity index (χ4n) is 3.51. The van der Waals surface area contributed by atoms with Gasteiger partial charge in [-0.15, -0.1) is 0 Å². The zero-order valence-electron chi connectivity index (χ0n) is 12.7. The van der Waals surface area contributed by atoms with Crippen LogP contribution in [0.1, 0.15) is 26.2 Å². The first-order valence-electron chi connectivity index (χ1n) is 8.07. The molecular formula is C15H25N3O3. The number of rotatable bonds is 3. The first-order valence-corrected chi connectivity index (χ1v) is 8.07. The number of carboxylic acids is 1. The number of piperazine rings is 1. The van der Waals surface area contributed by atoms with E-state index in [4.69, 9.17) is 0 Å². The van der Waals surface area contributed by atoms with E-state index in [0.717, 1.165) is 38.5 Å². The van der Waals surface area contributed by atoms with Crippen LogP contribution in [0.4, 0.5) is 4.79 Å². The number of hydrogen-bond acceptors (Lipinski definition) is 3. The van der Waals surface area contributed by atoms with Crippen LogP contribution < -0.4 is 0 Å². The van der Waals surface area contributed by atoms with Crippen LogP contribution in [0.3, 0.4) is 0 Å². The van der Waals surface area contributed by atoms with Gasteiger partial charge in [-0.3, -0.25) is 4.90 Å². The molecule has 1 N–H and O–H groups in total. The van der Waals surface area contributed by atoms with E-state index >= 15 is 0 Å². The van der Waals surface area contributed by atoms with E-state index in [-0.39, 0.29) is 11.9 Å². The largest absolute Gasteiger partial charge is 0.480 e. The van der Waals surface area contributed by atoms with E-state index in [9.17, 15) is 14.7 Å². The van der Waals surface area contributed by atoms with Gasteiger partial charge >= 0.3 is 12.0 Å². The van der Waals surface area contributed by atoms with Crippen molar-refractivity contribution < 1.29 is 14.7 Å². The maximum absolute atomic E-state index is 12.6. The summed E-state index contributed by atoms with van der Waals surface area (Å²) in [5, 5.41) is 9.33. The maximum atomic E-state index is 12.6.